The molecule has 5 nitrogen and oxygen atoms in total. The predicted molar refractivity (Wildman–Crippen MR) is 48.2 cm³/mol. The van der Waals surface area contributed by atoms with E-state index < -0.39 is 12.0 Å². The van der Waals surface area contributed by atoms with Crippen molar-refractivity contribution >= 4 is 0 Å². The second-order valence-corrected chi connectivity index (χ2v) is 3.28. The lowest BCUT2D eigenvalue weighted by molar-refractivity contribution is -0.144. The zero-order valence-corrected chi connectivity index (χ0v) is 8.52. The first kappa shape index (κ1) is 10.7. The van der Waals surface area contributed by atoms with Gasteiger partial charge in [-0.05, 0) is 0 Å². The SMILES string of the molecule is Cn1cc(-c2nc(C(F)(F)F)nn2C)cn1. The molecular formula is C8H8F3N5. The highest BCUT2D eigenvalue weighted by molar-refractivity contribution is 5.52. The third-order valence-corrected chi connectivity index (χ3v) is 1.98. The van der Waals surface area contributed by atoms with Crippen LogP contribution in [-0.2, 0) is 20.3 Å². The van der Waals surface area contributed by atoms with E-state index in [9.17, 15) is 13.2 Å². The van der Waals surface area contributed by atoms with Gasteiger partial charge in [-0.1, -0.05) is 0 Å². The largest absolute Gasteiger partial charge is 0.453 e. The molecule has 0 saturated carbocycles. The van der Waals surface area contributed by atoms with Gasteiger partial charge in [-0.25, -0.2) is 9.67 Å². The van der Waals surface area contributed by atoms with E-state index >= 15 is 0 Å². The average molecular weight is 231 g/mol. The third-order valence-electron chi connectivity index (χ3n) is 1.98. The maximum absolute atomic E-state index is 12.3. The summed E-state index contributed by atoms with van der Waals surface area (Å²) >= 11 is 0. The van der Waals surface area contributed by atoms with Gasteiger partial charge in [0, 0.05) is 20.3 Å². The van der Waals surface area contributed by atoms with Gasteiger partial charge in [-0.3, -0.25) is 4.68 Å². The van der Waals surface area contributed by atoms with Gasteiger partial charge in [0.1, 0.15) is 0 Å². The molecule has 0 aliphatic carbocycles. The Hall–Kier alpha value is -1.86. The lowest BCUT2D eigenvalue weighted by Gasteiger charge is -1.97. The van der Waals surface area contributed by atoms with E-state index in [2.05, 4.69) is 15.2 Å². The monoisotopic (exact) mass is 231 g/mol. The Morgan fingerprint density at radius 2 is 1.94 bits per heavy atom. The van der Waals surface area contributed by atoms with Crippen LogP contribution in [0.1, 0.15) is 5.82 Å². The Morgan fingerprint density at radius 1 is 1.25 bits per heavy atom. The van der Waals surface area contributed by atoms with Crippen molar-refractivity contribution in [2.24, 2.45) is 14.1 Å². The Morgan fingerprint density at radius 3 is 2.38 bits per heavy atom. The minimum absolute atomic E-state index is 0.139. The standard InChI is InChI=1S/C8H8F3N5/c1-15-4-5(3-12-15)6-13-7(8(9,10)11)14-16(6)2/h3-4H,1-2H3. The number of nitrogens with zero attached hydrogens (tertiary/aromatic N) is 5. The van der Waals surface area contributed by atoms with Crippen molar-refractivity contribution in [1.29, 1.82) is 0 Å². The summed E-state index contributed by atoms with van der Waals surface area (Å²) in [5.41, 5.74) is 0.494. The summed E-state index contributed by atoms with van der Waals surface area (Å²) in [7, 11) is 3.08. The summed E-state index contributed by atoms with van der Waals surface area (Å²) < 4.78 is 39.6. The summed E-state index contributed by atoms with van der Waals surface area (Å²) in [5.74, 6) is -1.01. The fraction of sp³-hybridized carbons (Fsp3) is 0.375. The first-order valence-corrected chi connectivity index (χ1v) is 4.35. The van der Waals surface area contributed by atoms with Crippen LogP contribution in [0.3, 0.4) is 0 Å². The van der Waals surface area contributed by atoms with Gasteiger partial charge in [0.15, 0.2) is 5.82 Å². The molecule has 0 spiro atoms. The lowest BCUT2D eigenvalue weighted by Crippen LogP contribution is -2.08. The fourth-order valence-corrected chi connectivity index (χ4v) is 1.29. The van der Waals surface area contributed by atoms with E-state index in [1.165, 1.54) is 17.9 Å². The molecule has 0 fully saturated rings. The molecule has 0 aromatic carbocycles. The maximum Gasteiger partial charge on any atom is 0.453 e. The second kappa shape index (κ2) is 3.32. The van der Waals surface area contributed by atoms with E-state index in [1.807, 2.05) is 0 Å². The van der Waals surface area contributed by atoms with Crippen LogP contribution in [0, 0.1) is 0 Å². The fourth-order valence-electron chi connectivity index (χ4n) is 1.29. The molecule has 0 aliphatic heterocycles. The quantitative estimate of drug-likeness (QED) is 0.741. The van der Waals surface area contributed by atoms with E-state index in [0.29, 0.717) is 5.56 Å². The lowest BCUT2D eigenvalue weighted by atomic mass is 10.3. The van der Waals surface area contributed by atoms with Crippen LogP contribution in [0.25, 0.3) is 11.4 Å². The van der Waals surface area contributed by atoms with Gasteiger partial charge < -0.3 is 0 Å². The summed E-state index contributed by atoms with van der Waals surface area (Å²) in [4.78, 5) is 3.44. The molecule has 8 heteroatoms. The first-order chi connectivity index (χ1) is 7.38. The molecule has 2 heterocycles. The van der Waals surface area contributed by atoms with Crippen molar-refractivity contribution in [1.82, 2.24) is 24.5 Å². The van der Waals surface area contributed by atoms with Crippen LogP contribution in [-0.4, -0.2) is 24.5 Å². The Labute approximate surface area is 88.5 Å². The summed E-state index contributed by atoms with van der Waals surface area (Å²) in [5, 5.41) is 7.17. The number of hydrogen-bond acceptors (Lipinski definition) is 3. The number of rotatable bonds is 1. The normalized spacial score (nSPS) is 12.1. The number of alkyl halides is 3. The first-order valence-electron chi connectivity index (χ1n) is 4.35. The van der Waals surface area contributed by atoms with E-state index in [4.69, 9.17) is 0 Å². The Kier molecular flexibility index (Phi) is 2.21. The van der Waals surface area contributed by atoms with E-state index in [-0.39, 0.29) is 5.82 Å². The predicted octanol–water partition coefficient (Wildman–Crippen LogP) is 1.23. The van der Waals surface area contributed by atoms with Crippen LogP contribution >= 0.6 is 0 Å². The molecule has 86 valence electrons. The van der Waals surface area contributed by atoms with Crippen LogP contribution in [0.15, 0.2) is 12.4 Å². The summed E-state index contributed by atoms with van der Waals surface area (Å²) in [6.07, 6.45) is -1.52. The van der Waals surface area contributed by atoms with Crippen molar-refractivity contribution < 1.29 is 13.2 Å². The van der Waals surface area contributed by atoms with Gasteiger partial charge >= 0.3 is 6.18 Å². The van der Waals surface area contributed by atoms with Crippen LogP contribution in [0.4, 0.5) is 13.2 Å². The average Bonchev–Trinajstić information content (AvgIpc) is 2.70. The molecule has 0 atom stereocenters. The number of hydrogen-bond donors (Lipinski definition) is 0. The van der Waals surface area contributed by atoms with E-state index in [1.54, 1.807) is 13.2 Å². The zero-order chi connectivity index (χ0) is 11.9. The van der Waals surface area contributed by atoms with Crippen molar-refractivity contribution in [3.63, 3.8) is 0 Å². The van der Waals surface area contributed by atoms with Gasteiger partial charge in [0.05, 0.1) is 11.8 Å². The second-order valence-electron chi connectivity index (χ2n) is 3.28. The molecule has 0 unspecified atom stereocenters. The minimum Gasteiger partial charge on any atom is -0.275 e. The van der Waals surface area contributed by atoms with Crippen molar-refractivity contribution in [2.75, 3.05) is 0 Å². The minimum atomic E-state index is -4.53. The maximum atomic E-state index is 12.3. The van der Waals surface area contributed by atoms with Crippen molar-refractivity contribution in [2.45, 2.75) is 6.18 Å². The van der Waals surface area contributed by atoms with E-state index in [0.717, 1.165) is 4.68 Å². The number of aromatic nitrogens is 5. The third kappa shape index (κ3) is 1.77. The highest BCUT2D eigenvalue weighted by Crippen LogP contribution is 2.28. The van der Waals surface area contributed by atoms with Crippen LogP contribution in [0.2, 0.25) is 0 Å². The molecule has 0 N–H and O–H groups in total. The van der Waals surface area contributed by atoms with Gasteiger partial charge in [-0.15, -0.1) is 5.10 Å². The molecule has 16 heavy (non-hydrogen) atoms. The van der Waals surface area contributed by atoms with Gasteiger partial charge in [0.2, 0.25) is 0 Å². The van der Waals surface area contributed by atoms with Crippen molar-refractivity contribution in [3.8, 4) is 11.4 Å². The summed E-state index contributed by atoms with van der Waals surface area (Å²) in [6, 6.07) is 0. The molecule has 2 aromatic rings. The van der Waals surface area contributed by atoms with Gasteiger partial charge in [0.25, 0.3) is 5.82 Å². The number of halogens is 3. The highest BCUT2D eigenvalue weighted by atomic mass is 19.4. The molecule has 2 rings (SSSR count). The Balaban J connectivity index is 2.47. The molecule has 0 radical (unpaired) electrons. The molecule has 0 aliphatic rings. The van der Waals surface area contributed by atoms with Crippen LogP contribution in [0.5, 0.6) is 0 Å². The smallest absolute Gasteiger partial charge is 0.275 e. The zero-order valence-electron chi connectivity index (χ0n) is 8.52. The topological polar surface area (TPSA) is 48.5 Å². The van der Waals surface area contributed by atoms with Crippen molar-refractivity contribution in [3.05, 3.63) is 18.2 Å². The highest BCUT2D eigenvalue weighted by Gasteiger charge is 2.36. The molecule has 0 saturated heterocycles. The van der Waals surface area contributed by atoms with Gasteiger partial charge in [-0.2, -0.15) is 18.3 Å². The molecular weight excluding hydrogens is 223 g/mol. The Bertz CT molecular complexity index is 510. The van der Waals surface area contributed by atoms with Crippen LogP contribution < -0.4 is 0 Å². The molecule has 2 aromatic heterocycles. The molecule has 0 bridgehead atoms. The summed E-state index contributed by atoms with van der Waals surface area (Å²) in [6.45, 7) is 0. The number of aryl methyl sites for hydroxylation is 2. The molecule has 0 amide bonds.